The highest BCUT2D eigenvalue weighted by Gasteiger charge is 2.11. The molecule has 0 unspecified atom stereocenters. The number of fused-ring (bicyclic) bond motifs is 1. The highest BCUT2D eigenvalue weighted by molar-refractivity contribution is 7.15. The Hall–Kier alpha value is -1.92. The lowest BCUT2D eigenvalue weighted by Gasteiger charge is -2.11. The van der Waals surface area contributed by atoms with Crippen molar-refractivity contribution in [1.29, 1.82) is 0 Å². The zero-order valence-electron chi connectivity index (χ0n) is 11.7. The Morgan fingerprint density at radius 3 is 3.14 bits per heavy atom. The van der Waals surface area contributed by atoms with Crippen molar-refractivity contribution in [3.8, 4) is 5.75 Å². The predicted molar refractivity (Wildman–Crippen MR) is 81.2 cm³/mol. The minimum Gasteiger partial charge on any atom is -0.484 e. The minimum atomic E-state index is -0.341. The molecule has 6 heteroatoms. The van der Waals surface area contributed by atoms with E-state index >= 15 is 0 Å². The molecule has 110 valence electrons. The highest BCUT2D eigenvalue weighted by Crippen LogP contribution is 2.24. The van der Waals surface area contributed by atoms with Crippen molar-refractivity contribution in [2.75, 3.05) is 6.54 Å². The van der Waals surface area contributed by atoms with Crippen LogP contribution in [0.2, 0.25) is 0 Å². The molecular formula is C15H16FN3OS. The smallest absolute Gasteiger partial charge is 0.193 e. The zero-order chi connectivity index (χ0) is 14.7. The van der Waals surface area contributed by atoms with Gasteiger partial charge in [0.25, 0.3) is 0 Å². The largest absolute Gasteiger partial charge is 0.484 e. The molecule has 1 aromatic carbocycles. The topological polar surface area (TPSA) is 38.6 Å². The van der Waals surface area contributed by atoms with Gasteiger partial charge in [-0.05, 0) is 12.6 Å². The summed E-state index contributed by atoms with van der Waals surface area (Å²) in [5.74, 6) is -0.0405. The van der Waals surface area contributed by atoms with Crippen molar-refractivity contribution in [1.82, 2.24) is 14.7 Å². The maximum atomic E-state index is 13.9. The number of para-hydroxylation sites is 1. The molecule has 0 aliphatic heterocycles. The van der Waals surface area contributed by atoms with E-state index in [1.165, 1.54) is 6.07 Å². The van der Waals surface area contributed by atoms with E-state index in [4.69, 9.17) is 4.74 Å². The standard InChI is InChI=1S/C15H16FN3OS/c1-2-17-8-11-4-3-5-13(16)14(11)20-10-12-9-19-6-7-21-15(19)18-12/h3-7,9,17H,2,8,10H2,1H3. The second-order valence-electron chi connectivity index (χ2n) is 4.62. The van der Waals surface area contributed by atoms with Gasteiger partial charge in [0.05, 0.1) is 5.69 Å². The molecule has 21 heavy (non-hydrogen) atoms. The first-order valence-corrected chi connectivity index (χ1v) is 7.68. The lowest BCUT2D eigenvalue weighted by molar-refractivity contribution is 0.282. The van der Waals surface area contributed by atoms with Gasteiger partial charge in [0, 0.05) is 29.9 Å². The third kappa shape index (κ3) is 3.06. The summed E-state index contributed by atoms with van der Waals surface area (Å²) in [4.78, 5) is 5.34. The highest BCUT2D eigenvalue weighted by atomic mass is 32.1. The first-order chi connectivity index (χ1) is 10.3. The summed E-state index contributed by atoms with van der Waals surface area (Å²) in [6.45, 7) is 3.68. The Morgan fingerprint density at radius 1 is 1.43 bits per heavy atom. The Kier molecular flexibility index (Phi) is 4.17. The molecule has 4 nitrogen and oxygen atoms in total. The number of imidazole rings is 1. The number of halogens is 1. The molecule has 0 saturated carbocycles. The fourth-order valence-electron chi connectivity index (χ4n) is 2.11. The van der Waals surface area contributed by atoms with Crippen LogP contribution >= 0.6 is 11.3 Å². The third-order valence-electron chi connectivity index (χ3n) is 3.12. The van der Waals surface area contributed by atoms with Crippen LogP contribution in [0.15, 0.2) is 36.0 Å². The maximum Gasteiger partial charge on any atom is 0.193 e. The fraction of sp³-hybridized carbons (Fsp3) is 0.267. The molecule has 2 aromatic heterocycles. The molecule has 0 amide bonds. The molecule has 0 spiro atoms. The summed E-state index contributed by atoms with van der Waals surface area (Å²) in [5, 5.41) is 5.15. The van der Waals surface area contributed by atoms with E-state index in [0.29, 0.717) is 12.3 Å². The summed E-state index contributed by atoms with van der Waals surface area (Å²) < 4.78 is 21.5. The predicted octanol–water partition coefficient (Wildman–Crippen LogP) is 3.22. The number of thiazole rings is 1. The molecule has 0 bridgehead atoms. The number of aromatic nitrogens is 2. The molecular weight excluding hydrogens is 289 g/mol. The Labute approximate surface area is 126 Å². The van der Waals surface area contributed by atoms with Gasteiger partial charge >= 0.3 is 0 Å². The van der Waals surface area contributed by atoms with Crippen LogP contribution in [-0.4, -0.2) is 15.9 Å². The van der Waals surface area contributed by atoms with Crippen molar-refractivity contribution in [2.24, 2.45) is 0 Å². The van der Waals surface area contributed by atoms with Crippen molar-refractivity contribution >= 4 is 16.3 Å². The van der Waals surface area contributed by atoms with Crippen molar-refractivity contribution in [3.05, 3.63) is 53.0 Å². The van der Waals surface area contributed by atoms with E-state index in [2.05, 4.69) is 10.3 Å². The summed E-state index contributed by atoms with van der Waals surface area (Å²) in [6.07, 6.45) is 3.84. The molecule has 3 aromatic rings. The Morgan fingerprint density at radius 2 is 2.33 bits per heavy atom. The van der Waals surface area contributed by atoms with Gasteiger partial charge in [-0.15, -0.1) is 11.3 Å². The van der Waals surface area contributed by atoms with E-state index in [1.54, 1.807) is 17.4 Å². The first-order valence-electron chi connectivity index (χ1n) is 6.80. The SMILES string of the molecule is CCNCc1cccc(F)c1OCc1cn2ccsc2n1. The van der Waals surface area contributed by atoms with Crippen LogP contribution in [0.5, 0.6) is 5.75 Å². The summed E-state index contributed by atoms with van der Waals surface area (Å²) in [5.41, 5.74) is 1.61. The molecule has 0 fully saturated rings. The van der Waals surface area contributed by atoms with Crippen LogP contribution in [0, 0.1) is 5.82 Å². The zero-order valence-corrected chi connectivity index (χ0v) is 12.5. The monoisotopic (exact) mass is 305 g/mol. The van der Waals surface area contributed by atoms with Crippen molar-refractivity contribution in [3.63, 3.8) is 0 Å². The number of hydrogen-bond acceptors (Lipinski definition) is 4. The Bertz CT molecular complexity index is 709. The molecule has 0 aliphatic rings. The van der Waals surface area contributed by atoms with E-state index in [9.17, 15) is 4.39 Å². The number of nitrogens with one attached hydrogen (secondary N) is 1. The van der Waals surface area contributed by atoms with Gasteiger partial charge in [0.15, 0.2) is 16.5 Å². The second-order valence-corrected chi connectivity index (χ2v) is 5.50. The maximum absolute atomic E-state index is 13.9. The molecule has 0 radical (unpaired) electrons. The van der Waals surface area contributed by atoms with Crippen LogP contribution in [0.3, 0.4) is 0 Å². The lowest BCUT2D eigenvalue weighted by atomic mass is 10.2. The van der Waals surface area contributed by atoms with Gasteiger partial charge in [-0.1, -0.05) is 19.1 Å². The Balaban J connectivity index is 1.75. The average molecular weight is 305 g/mol. The number of benzene rings is 1. The van der Waals surface area contributed by atoms with Gasteiger partial charge in [0.2, 0.25) is 0 Å². The molecule has 0 saturated heterocycles. The van der Waals surface area contributed by atoms with Gasteiger partial charge in [0.1, 0.15) is 6.61 Å². The molecule has 0 aliphatic carbocycles. The van der Waals surface area contributed by atoms with Crippen LogP contribution in [0.25, 0.3) is 4.96 Å². The van der Waals surface area contributed by atoms with Gasteiger partial charge in [-0.25, -0.2) is 9.37 Å². The normalized spacial score (nSPS) is 11.1. The third-order valence-corrected chi connectivity index (χ3v) is 3.89. The minimum absolute atomic E-state index is 0.258. The molecule has 0 atom stereocenters. The molecule has 3 rings (SSSR count). The number of hydrogen-bond donors (Lipinski definition) is 1. The summed E-state index contributed by atoms with van der Waals surface area (Å²) >= 11 is 1.56. The number of ether oxygens (including phenoxy) is 1. The van der Waals surface area contributed by atoms with Crippen LogP contribution < -0.4 is 10.1 Å². The fourth-order valence-corrected chi connectivity index (χ4v) is 2.82. The summed E-state index contributed by atoms with van der Waals surface area (Å²) in [6, 6.07) is 4.98. The van der Waals surface area contributed by atoms with Crippen molar-refractivity contribution < 1.29 is 9.13 Å². The number of rotatable bonds is 6. The van der Waals surface area contributed by atoms with Gasteiger partial charge in [-0.2, -0.15) is 0 Å². The van der Waals surface area contributed by atoms with E-state index in [1.807, 2.05) is 35.2 Å². The van der Waals surface area contributed by atoms with Gasteiger partial charge < -0.3 is 10.1 Å². The van der Waals surface area contributed by atoms with Crippen LogP contribution in [-0.2, 0) is 13.2 Å². The van der Waals surface area contributed by atoms with Crippen molar-refractivity contribution in [2.45, 2.75) is 20.1 Å². The van der Waals surface area contributed by atoms with E-state index in [0.717, 1.165) is 22.8 Å². The quantitative estimate of drug-likeness (QED) is 0.760. The first kappa shape index (κ1) is 14.0. The summed E-state index contributed by atoms with van der Waals surface area (Å²) in [7, 11) is 0. The van der Waals surface area contributed by atoms with E-state index < -0.39 is 0 Å². The lowest BCUT2D eigenvalue weighted by Crippen LogP contribution is -2.13. The molecule has 1 N–H and O–H groups in total. The second kappa shape index (κ2) is 6.24. The van der Waals surface area contributed by atoms with Crippen LogP contribution in [0.4, 0.5) is 4.39 Å². The van der Waals surface area contributed by atoms with Gasteiger partial charge in [-0.3, -0.25) is 4.40 Å². The van der Waals surface area contributed by atoms with Crippen LogP contribution in [0.1, 0.15) is 18.2 Å². The number of nitrogens with zero attached hydrogens (tertiary/aromatic N) is 2. The average Bonchev–Trinajstić information content (AvgIpc) is 3.05. The van der Waals surface area contributed by atoms with E-state index in [-0.39, 0.29) is 12.4 Å². The molecule has 2 heterocycles.